The third-order valence-corrected chi connectivity index (χ3v) is 4.02. The van der Waals surface area contributed by atoms with Crippen molar-refractivity contribution >= 4 is 11.7 Å². The molecule has 1 aliphatic heterocycles. The number of methoxy groups -OCH3 is 1. The minimum Gasteiger partial charge on any atom is -0.465 e. The molecular formula is C17H19NO3. The Kier molecular flexibility index (Phi) is 3.45. The molecule has 0 bridgehead atoms. The van der Waals surface area contributed by atoms with E-state index in [4.69, 9.17) is 9.15 Å². The van der Waals surface area contributed by atoms with Gasteiger partial charge in [-0.05, 0) is 24.6 Å². The van der Waals surface area contributed by atoms with Gasteiger partial charge in [0.2, 0.25) is 0 Å². The number of carbonyl (C=O) groups excluding carboxylic acids is 1. The summed E-state index contributed by atoms with van der Waals surface area (Å²) >= 11 is 0. The van der Waals surface area contributed by atoms with Crippen LogP contribution >= 0.6 is 0 Å². The fourth-order valence-corrected chi connectivity index (χ4v) is 2.99. The number of esters is 1. The number of para-hydroxylation sites is 1. The largest absolute Gasteiger partial charge is 0.465 e. The van der Waals surface area contributed by atoms with Crippen molar-refractivity contribution in [1.29, 1.82) is 0 Å². The van der Waals surface area contributed by atoms with Crippen molar-refractivity contribution in [2.75, 3.05) is 18.6 Å². The van der Waals surface area contributed by atoms with Crippen LogP contribution in [-0.2, 0) is 11.3 Å². The monoisotopic (exact) mass is 285 g/mol. The highest BCUT2D eigenvalue weighted by atomic mass is 16.5. The third kappa shape index (κ3) is 2.42. The Hall–Kier alpha value is -2.23. The molecule has 0 saturated carbocycles. The molecule has 110 valence electrons. The lowest BCUT2D eigenvalue weighted by atomic mass is 10.0. The Morgan fingerprint density at radius 3 is 2.95 bits per heavy atom. The van der Waals surface area contributed by atoms with Gasteiger partial charge in [0.25, 0.3) is 0 Å². The first kappa shape index (κ1) is 13.7. The Bertz CT molecular complexity index is 674. The lowest BCUT2D eigenvalue weighted by Crippen LogP contribution is -2.20. The van der Waals surface area contributed by atoms with Crippen molar-refractivity contribution in [3.8, 4) is 0 Å². The van der Waals surface area contributed by atoms with Gasteiger partial charge in [0.05, 0.1) is 13.7 Å². The fourth-order valence-electron chi connectivity index (χ4n) is 2.99. The number of anilines is 1. The lowest BCUT2D eigenvalue weighted by Gasteiger charge is -2.17. The van der Waals surface area contributed by atoms with Gasteiger partial charge >= 0.3 is 5.97 Å². The van der Waals surface area contributed by atoms with Gasteiger partial charge in [-0.25, -0.2) is 4.79 Å². The number of benzene rings is 1. The third-order valence-electron chi connectivity index (χ3n) is 4.02. The van der Waals surface area contributed by atoms with E-state index in [1.165, 1.54) is 18.4 Å². The van der Waals surface area contributed by atoms with E-state index >= 15 is 0 Å². The van der Waals surface area contributed by atoms with E-state index in [-0.39, 0.29) is 5.97 Å². The molecule has 3 rings (SSSR count). The van der Waals surface area contributed by atoms with Gasteiger partial charge in [0, 0.05) is 18.2 Å². The van der Waals surface area contributed by atoms with Crippen LogP contribution in [0.3, 0.4) is 0 Å². The number of fused-ring (bicyclic) bond motifs is 1. The summed E-state index contributed by atoms with van der Waals surface area (Å²) in [5.41, 5.74) is 3.13. The van der Waals surface area contributed by atoms with Crippen LogP contribution in [0.1, 0.15) is 40.3 Å². The molecule has 2 heterocycles. The molecule has 1 aromatic heterocycles. The topological polar surface area (TPSA) is 42.7 Å². The number of nitrogens with zero attached hydrogens (tertiary/aromatic N) is 1. The molecule has 0 radical (unpaired) electrons. The Morgan fingerprint density at radius 1 is 1.43 bits per heavy atom. The van der Waals surface area contributed by atoms with Gasteiger partial charge in [-0.2, -0.15) is 0 Å². The first-order valence-electron chi connectivity index (χ1n) is 7.11. The van der Waals surface area contributed by atoms with E-state index < -0.39 is 0 Å². The maximum absolute atomic E-state index is 11.6. The second kappa shape index (κ2) is 5.28. The van der Waals surface area contributed by atoms with Crippen LogP contribution in [0.4, 0.5) is 5.69 Å². The first-order chi connectivity index (χ1) is 10.1. The van der Waals surface area contributed by atoms with Gasteiger partial charge < -0.3 is 14.1 Å². The fraction of sp³-hybridized carbons (Fsp3) is 0.353. The number of hydrogen-bond acceptors (Lipinski definition) is 4. The number of ether oxygens (including phenoxy) is 1. The normalized spacial score (nSPS) is 16.9. The summed E-state index contributed by atoms with van der Waals surface area (Å²) in [5, 5.41) is 0. The molecule has 21 heavy (non-hydrogen) atoms. The minimum atomic E-state index is -0.349. The molecule has 2 aromatic rings. The SMILES string of the molecule is COC(=O)c1cc(CN2CC(C)c3ccccc32)oc1C. The second-order valence-electron chi connectivity index (χ2n) is 5.51. The Morgan fingerprint density at radius 2 is 2.19 bits per heavy atom. The van der Waals surface area contributed by atoms with Gasteiger partial charge in [0.15, 0.2) is 0 Å². The highest BCUT2D eigenvalue weighted by molar-refractivity contribution is 5.90. The quantitative estimate of drug-likeness (QED) is 0.809. The molecular weight excluding hydrogens is 266 g/mol. The van der Waals surface area contributed by atoms with Crippen LogP contribution in [0, 0.1) is 6.92 Å². The van der Waals surface area contributed by atoms with Crippen molar-refractivity contribution in [2.24, 2.45) is 0 Å². The zero-order chi connectivity index (χ0) is 15.0. The maximum Gasteiger partial charge on any atom is 0.341 e. The molecule has 4 heteroatoms. The predicted octanol–water partition coefficient (Wildman–Crippen LogP) is 3.50. The van der Waals surface area contributed by atoms with Gasteiger partial charge in [-0.3, -0.25) is 0 Å². The van der Waals surface area contributed by atoms with Crippen molar-refractivity contribution < 1.29 is 13.9 Å². The minimum absolute atomic E-state index is 0.349. The van der Waals surface area contributed by atoms with Crippen LogP contribution < -0.4 is 4.90 Å². The summed E-state index contributed by atoms with van der Waals surface area (Å²) in [6.45, 7) is 5.65. The highest BCUT2D eigenvalue weighted by Gasteiger charge is 2.26. The summed E-state index contributed by atoms with van der Waals surface area (Å²) in [7, 11) is 1.38. The average molecular weight is 285 g/mol. The molecule has 0 aliphatic carbocycles. The average Bonchev–Trinajstić information content (AvgIpc) is 3.00. The number of rotatable bonds is 3. The van der Waals surface area contributed by atoms with Crippen LogP contribution in [0.15, 0.2) is 34.7 Å². The van der Waals surface area contributed by atoms with Crippen LogP contribution in [-0.4, -0.2) is 19.6 Å². The zero-order valence-electron chi connectivity index (χ0n) is 12.6. The molecule has 0 amide bonds. The summed E-state index contributed by atoms with van der Waals surface area (Å²) in [5.74, 6) is 1.56. The van der Waals surface area contributed by atoms with Crippen molar-refractivity contribution in [1.82, 2.24) is 0 Å². The molecule has 0 fully saturated rings. The summed E-state index contributed by atoms with van der Waals surface area (Å²) in [6, 6.07) is 10.2. The summed E-state index contributed by atoms with van der Waals surface area (Å²) < 4.78 is 10.5. The van der Waals surface area contributed by atoms with E-state index in [2.05, 4.69) is 36.1 Å². The number of aryl methyl sites for hydroxylation is 1. The number of carbonyl (C=O) groups is 1. The molecule has 0 N–H and O–H groups in total. The van der Waals surface area contributed by atoms with E-state index in [1.54, 1.807) is 13.0 Å². The number of furan rings is 1. The van der Waals surface area contributed by atoms with Crippen LogP contribution in [0.25, 0.3) is 0 Å². The van der Waals surface area contributed by atoms with E-state index in [0.29, 0.717) is 23.8 Å². The Labute approximate surface area is 124 Å². The highest BCUT2D eigenvalue weighted by Crippen LogP contribution is 2.36. The maximum atomic E-state index is 11.6. The van der Waals surface area contributed by atoms with Gasteiger partial charge in [-0.15, -0.1) is 0 Å². The smallest absolute Gasteiger partial charge is 0.341 e. The van der Waals surface area contributed by atoms with E-state index in [0.717, 1.165) is 12.3 Å². The van der Waals surface area contributed by atoms with E-state index in [1.807, 2.05) is 0 Å². The lowest BCUT2D eigenvalue weighted by molar-refractivity contribution is 0.0599. The molecule has 4 nitrogen and oxygen atoms in total. The Balaban J connectivity index is 1.84. The number of hydrogen-bond donors (Lipinski definition) is 0. The van der Waals surface area contributed by atoms with Crippen molar-refractivity contribution in [2.45, 2.75) is 26.3 Å². The summed E-state index contributed by atoms with van der Waals surface area (Å²) in [6.07, 6.45) is 0. The zero-order valence-corrected chi connectivity index (χ0v) is 12.6. The van der Waals surface area contributed by atoms with Crippen molar-refractivity contribution in [3.05, 3.63) is 53.0 Å². The molecule has 1 aliphatic rings. The predicted molar refractivity (Wildman–Crippen MR) is 80.7 cm³/mol. The van der Waals surface area contributed by atoms with Crippen molar-refractivity contribution in [3.63, 3.8) is 0 Å². The second-order valence-corrected chi connectivity index (χ2v) is 5.51. The molecule has 0 saturated heterocycles. The standard InChI is InChI=1S/C17H19NO3/c1-11-9-18(16-7-5-4-6-14(11)16)10-13-8-15(12(2)21-13)17(19)20-3/h4-8,11H,9-10H2,1-3H3. The van der Waals surface area contributed by atoms with Crippen LogP contribution in [0.2, 0.25) is 0 Å². The molecule has 0 spiro atoms. The molecule has 1 aromatic carbocycles. The molecule has 1 atom stereocenters. The van der Waals surface area contributed by atoms with Crippen LogP contribution in [0.5, 0.6) is 0 Å². The molecule has 1 unspecified atom stereocenters. The van der Waals surface area contributed by atoms with E-state index in [9.17, 15) is 4.79 Å². The van der Waals surface area contributed by atoms with Gasteiger partial charge in [0.1, 0.15) is 17.1 Å². The first-order valence-corrected chi connectivity index (χ1v) is 7.11. The van der Waals surface area contributed by atoms with Gasteiger partial charge in [-0.1, -0.05) is 25.1 Å². The summed E-state index contributed by atoms with van der Waals surface area (Å²) in [4.78, 5) is 13.9.